The third-order valence-corrected chi connectivity index (χ3v) is 3.86. The lowest BCUT2D eigenvalue weighted by molar-refractivity contribution is 0.0464. The second-order valence-corrected chi connectivity index (χ2v) is 5.94. The van der Waals surface area contributed by atoms with Gasteiger partial charge in [0, 0.05) is 31.4 Å². The molecule has 0 atom stereocenters. The second-order valence-electron chi connectivity index (χ2n) is 5.94. The van der Waals surface area contributed by atoms with Crippen LogP contribution in [-0.4, -0.2) is 32.3 Å². The van der Waals surface area contributed by atoms with Crippen molar-refractivity contribution in [2.24, 2.45) is 0 Å². The average Bonchev–Trinajstić information content (AvgIpc) is 3.15. The molecule has 0 aliphatic rings. The summed E-state index contributed by atoms with van der Waals surface area (Å²) in [5.74, 6) is 0.914. The minimum atomic E-state index is -0.403. The van der Waals surface area contributed by atoms with E-state index in [2.05, 4.69) is 5.16 Å². The van der Waals surface area contributed by atoms with E-state index in [1.807, 2.05) is 55.4 Å². The van der Waals surface area contributed by atoms with Crippen molar-refractivity contribution in [3.05, 3.63) is 65.9 Å². The lowest BCUT2D eigenvalue weighted by atomic mass is 10.1. The molecule has 0 N–H and O–H groups in total. The lowest BCUT2D eigenvalue weighted by Crippen LogP contribution is -2.11. The first kappa shape index (κ1) is 17.5. The fourth-order valence-corrected chi connectivity index (χ4v) is 2.43. The number of rotatable bonds is 6. The van der Waals surface area contributed by atoms with E-state index in [1.165, 1.54) is 0 Å². The van der Waals surface area contributed by atoms with Crippen molar-refractivity contribution in [2.45, 2.75) is 6.61 Å². The number of nitrogens with zero attached hydrogens (tertiary/aromatic N) is 2. The zero-order chi connectivity index (χ0) is 18.5. The smallest absolute Gasteiger partial charge is 0.338 e. The van der Waals surface area contributed by atoms with E-state index in [-0.39, 0.29) is 6.61 Å². The van der Waals surface area contributed by atoms with Crippen LogP contribution in [0.15, 0.2) is 59.1 Å². The Morgan fingerprint density at radius 2 is 1.92 bits per heavy atom. The summed E-state index contributed by atoms with van der Waals surface area (Å²) in [4.78, 5) is 14.2. The molecule has 0 aliphatic heterocycles. The Hall–Kier alpha value is -3.28. The Morgan fingerprint density at radius 3 is 2.69 bits per heavy atom. The highest BCUT2D eigenvalue weighted by Crippen LogP contribution is 2.24. The zero-order valence-corrected chi connectivity index (χ0v) is 14.9. The maximum atomic E-state index is 12.2. The monoisotopic (exact) mass is 352 g/mol. The molecule has 0 spiro atoms. The van der Waals surface area contributed by atoms with Crippen LogP contribution < -0.4 is 9.64 Å². The normalized spacial score (nSPS) is 10.4. The highest BCUT2D eigenvalue weighted by atomic mass is 16.5. The first-order valence-corrected chi connectivity index (χ1v) is 8.11. The van der Waals surface area contributed by atoms with Gasteiger partial charge in [-0.1, -0.05) is 23.4 Å². The van der Waals surface area contributed by atoms with Gasteiger partial charge in [0.25, 0.3) is 0 Å². The van der Waals surface area contributed by atoms with Crippen LogP contribution >= 0.6 is 0 Å². The number of hydrogen-bond donors (Lipinski definition) is 0. The van der Waals surface area contributed by atoms with E-state index >= 15 is 0 Å². The van der Waals surface area contributed by atoms with E-state index < -0.39 is 5.97 Å². The van der Waals surface area contributed by atoms with E-state index in [0.717, 1.165) is 17.0 Å². The van der Waals surface area contributed by atoms with Crippen molar-refractivity contribution in [2.75, 3.05) is 26.1 Å². The largest absolute Gasteiger partial charge is 0.497 e. The predicted octanol–water partition coefficient (Wildman–Crippen LogP) is 3.77. The molecule has 0 saturated heterocycles. The molecule has 134 valence electrons. The molecule has 0 bridgehead atoms. The van der Waals surface area contributed by atoms with Gasteiger partial charge in [-0.15, -0.1) is 0 Å². The van der Waals surface area contributed by atoms with Crippen LogP contribution in [0.3, 0.4) is 0 Å². The minimum Gasteiger partial charge on any atom is -0.497 e. The van der Waals surface area contributed by atoms with Crippen molar-refractivity contribution < 1.29 is 18.8 Å². The number of anilines is 1. The molecule has 0 fully saturated rings. The zero-order valence-electron chi connectivity index (χ0n) is 14.9. The molecule has 1 aromatic heterocycles. The highest BCUT2D eigenvalue weighted by molar-refractivity contribution is 5.90. The van der Waals surface area contributed by atoms with E-state index in [9.17, 15) is 4.79 Å². The van der Waals surface area contributed by atoms with Gasteiger partial charge in [-0.25, -0.2) is 4.79 Å². The summed E-state index contributed by atoms with van der Waals surface area (Å²) in [6.45, 7) is 0.0402. The molecular weight excluding hydrogens is 332 g/mol. The van der Waals surface area contributed by atoms with Crippen LogP contribution in [0, 0.1) is 0 Å². The van der Waals surface area contributed by atoms with Crippen LogP contribution in [0.5, 0.6) is 5.75 Å². The Labute approximate surface area is 151 Å². The molecule has 1 heterocycles. The van der Waals surface area contributed by atoms with Crippen molar-refractivity contribution in [3.63, 3.8) is 0 Å². The molecule has 0 radical (unpaired) electrons. The molecular formula is C20H20N2O4. The van der Waals surface area contributed by atoms with Gasteiger partial charge in [-0.2, -0.15) is 0 Å². The number of hydrogen-bond acceptors (Lipinski definition) is 6. The number of carbonyl (C=O) groups excluding carboxylic acids is 1. The molecule has 3 rings (SSSR count). The van der Waals surface area contributed by atoms with Gasteiger partial charge in [0.15, 0.2) is 5.76 Å². The predicted molar refractivity (Wildman–Crippen MR) is 98.4 cm³/mol. The number of carbonyl (C=O) groups is 1. The standard InChI is InChI=1S/C20H20N2O4/c1-22(2)17-8-4-7-15(10-17)20(23)25-13-16-12-19(26-21-16)14-6-5-9-18(11-14)24-3/h4-12H,13H2,1-3H3. The van der Waals surface area contributed by atoms with Gasteiger partial charge in [0.1, 0.15) is 18.1 Å². The molecule has 26 heavy (non-hydrogen) atoms. The number of aromatic nitrogens is 1. The Balaban J connectivity index is 1.66. The highest BCUT2D eigenvalue weighted by Gasteiger charge is 2.12. The second kappa shape index (κ2) is 7.74. The Bertz CT molecular complexity index is 902. The van der Waals surface area contributed by atoms with Crippen molar-refractivity contribution >= 4 is 11.7 Å². The van der Waals surface area contributed by atoms with Gasteiger partial charge in [0.2, 0.25) is 0 Å². The van der Waals surface area contributed by atoms with Crippen molar-refractivity contribution in [3.8, 4) is 17.1 Å². The fourth-order valence-electron chi connectivity index (χ4n) is 2.43. The van der Waals surface area contributed by atoms with Gasteiger partial charge >= 0.3 is 5.97 Å². The van der Waals surface area contributed by atoms with Gasteiger partial charge in [0.05, 0.1) is 12.7 Å². The molecule has 6 nitrogen and oxygen atoms in total. The summed E-state index contributed by atoms with van der Waals surface area (Å²) in [5.41, 5.74) is 2.81. The SMILES string of the molecule is COc1cccc(-c2cc(COC(=O)c3cccc(N(C)C)c3)no2)c1. The van der Waals surface area contributed by atoms with Crippen LogP contribution in [0.1, 0.15) is 16.1 Å². The van der Waals surface area contributed by atoms with Crippen molar-refractivity contribution in [1.82, 2.24) is 5.16 Å². The van der Waals surface area contributed by atoms with Crippen molar-refractivity contribution in [1.29, 1.82) is 0 Å². The molecule has 2 aromatic carbocycles. The van der Waals surface area contributed by atoms with Gasteiger partial charge < -0.3 is 18.9 Å². The molecule has 6 heteroatoms. The molecule has 3 aromatic rings. The molecule has 0 saturated carbocycles. The molecule has 0 amide bonds. The summed E-state index contributed by atoms with van der Waals surface area (Å²) < 4.78 is 15.9. The third kappa shape index (κ3) is 4.03. The summed E-state index contributed by atoms with van der Waals surface area (Å²) in [6.07, 6.45) is 0. The first-order valence-electron chi connectivity index (χ1n) is 8.11. The number of ether oxygens (including phenoxy) is 2. The average molecular weight is 352 g/mol. The summed E-state index contributed by atoms with van der Waals surface area (Å²) in [7, 11) is 5.44. The van der Waals surface area contributed by atoms with Crippen LogP contribution in [-0.2, 0) is 11.3 Å². The van der Waals surface area contributed by atoms with Gasteiger partial charge in [-0.05, 0) is 30.3 Å². The molecule has 0 unspecified atom stereocenters. The van der Waals surface area contributed by atoms with E-state index in [4.69, 9.17) is 14.0 Å². The number of esters is 1. The van der Waals surface area contributed by atoms with E-state index in [1.54, 1.807) is 25.3 Å². The lowest BCUT2D eigenvalue weighted by Gasteiger charge is -2.13. The number of benzene rings is 2. The topological polar surface area (TPSA) is 64.8 Å². The Kier molecular flexibility index (Phi) is 5.22. The van der Waals surface area contributed by atoms with Gasteiger partial charge in [-0.3, -0.25) is 0 Å². The Morgan fingerprint density at radius 1 is 1.12 bits per heavy atom. The van der Waals surface area contributed by atoms with Crippen LogP contribution in [0.2, 0.25) is 0 Å². The van der Waals surface area contributed by atoms with Crippen LogP contribution in [0.4, 0.5) is 5.69 Å². The summed E-state index contributed by atoms with van der Waals surface area (Å²) in [5, 5.41) is 3.96. The minimum absolute atomic E-state index is 0.0402. The van der Waals surface area contributed by atoms with Crippen LogP contribution in [0.25, 0.3) is 11.3 Å². The maximum Gasteiger partial charge on any atom is 0.338 e. The summed E-state index contributed by atoms with van der Waals surface area (Å²) in [6, 6.07) is 16.5. The summed E-state index contributed by atoms with van der Waals surface area (Å²) >= 11 is 0. The molecule has 0 aliphatic carbocycles. The van der Waals surface area contributed by atoms with E-state index in [0.29, 0.717) is 17.0 Å². The first-order chi connectivity index (χ1) is 12.6. The fraction of sp³-hybridized carbons (Fsp3) is 0.200. The third-order valence-electron chi connectivity index (χ3n) is 3.86. The maximum absolute atomic E-state index is 12.2. The number of methoxy groups -OCH3 is 1. The quantitative estimate of drug-likeness (QED) is 0.629.